The number of rotatable bonds is 7. The van der Waals surface area contributed by atoms with Crippen molar-refractivity contribution in [3.8, 4) is 0 Å². The molecule has 1 nitrogen and oxygen atoms in total. The molecule has 1 unspecified atom stereocenters. The molecule has 1 atom stereocenters. The van der Waals surface area contributed by atoms with Crippen LogP contribution in [0.4, 0.5) is 0 Å². The van der Waals surface area contributed by atoms with Crippen molar-refractivity contribution in [3.05, 3.63) is 12.2 Å². The standard InChI is InChI=1S/C11H23N/c1-4-9-12-10-7-6-8-11(3)5-2/h6,8,11-12H,4-5,7,9-10H2,1-3H3. The van der Waals surface area contributed by atoms with Gasteiger partial charge in [-0.3, -0.25) is 0 Å². The molecule has 0 radical (unpaired) electrons. The first-order valence-electron chi connectivity index (χ1n) is 5.18. The molecule has 0 aromatic carbocycles. The summed E-state index contributed by atoms with van der Waals surface area (Å²) in [5.74, 6) is 0.746. The van der Waals surface area contributed by atoms with Gasteiger partial charge in [-0.25, -0.2) is 0 Å². The number of allylic oxidation sites excluding steroid dienone is 1. The minimum atomic E-state index is 0.746. The van der Waals surface area contributed by atoms with Gasteiger partial charge in [0, 0.05) is 0 Å². The predicted molar refractivity (Wildman–Crippen MR) is 56.4 cm³/mol. The Morgan fingerprint density at radius 1 is 1.25 bits per heavy atom. The molecule has 0 fully saturated rings. The molecule has 72 valence electrons. The molecule has 0 heterocycles. The van der Waals surface area contributed by atoms with Crippen molar-refractivity contribution >= 4 is 0 Å². The van der Waals surface area contributed by atoms with E-state index in [9.17, 15) is 0 Å². The maximum Gasteiger partial charge on any atom is -0.00143 e. The van der Waals surface area contributed by atoms with E-state index >= 15 is 0 Å². The quantitative estimate of drug-likeness (QED) is 0.456. The molecular formula is C11H23N. The summed E-state index contributed by atoms with van der Waals surface area (Å²) >= 11 is 0. The largest absolute Gasteiger partial charge is 0.316 e. The maximum absolute atomic E-state index is 3.38. The van der Waals surface area contributed by atoms with Crippen LogP contribution in [0.25, 0.3) is 0 Å². The molecule has 0 rings (SSSR count). The highest BCUT2D eigenvalue weighted by molar-refractivity contribution is 4.86. The molecule has 1 heteroatoms. The summed E-state index contributed by atoms with van der Waals surface area (Å²) in [6.45, 7) is 8.96. The topological polar surface area (TPSA) is 12.0 Å². The summed E-state index contributed by atoms with van der Waals surface area (Å²) in [5.41, 5.74) is 0. The summed E-state index contributed by atoms with van der Waals surface area (Å²) in [6.07, 6.45) is 8.25. The molecule has 0 amide bonds. The predicted octanol–water partition coefficient (Wildman–Crippen LogP) is 2.98. The Morgan fingerprint density at radius 3 is 2.58 bits per heavy atom. The highest BCUT2D eigenvalue weighted by atomic mass is 14.8. The zero-order chi connectivity index (χ0) is 9.23. The van der Waals surface area contributed by atoms with Crippen LogP contribution in [0.2, 0.25) is 0 Å². The number of hydrogen-bond acceptors (Lipinski definition) is 1. The lowest BCUT2D eigenvalue weighted by Crippen LogP contribution is -2.15. The molecule has 0 aromatic heterocycles. The summed E-state index contributed by atoms with van der Waals surface area (Å²) in [6, 6.07) is 0. The van der Waals surface area contributed by atoms with E-state index in [2.05, 4.69) is 38.2 Å². The Balaban J connectivity index is 3.12. The van der Waals surface area contributed by atoms with E-state index in [0.717, 1.165) is 19.0 Å². The molecule has 0 spiro atoms. The van der Waals surface area contributed by atoms with Crippen molar-refractivity contribution in [3.63, 3.8) is 0 Å². The molecule has 0 aliphatic carbocycles. The molecule has 0 aliphatic rings. The number of hydrogen-bond donors (Lipinski definition) is 1. The second kappa shape index (κ2) is 8.79. The van der Waals surface area contributed by atoms with E-state index in [1.54, 1.807) is 0 Å². The van der Waals surface area contributed by atoms with Crippen molar-refractivity contribution in [1.29, 1.82) is 0 Å². The van der Waals surface area contributed by atoms with E-state index in [1.807, 2.05) is 0 Å². The van der Waals surface area contributed by atoms with Gasteiger partial charge in [-0.2, -0.15) is 0 Å². The smallest absolute Gasteiger partial charge is 0.00143 e. The van der Waals surface area contributed by atoms with Crippen LogP contribution in [-0.4, -0.2) is 13.1 Å². The van der Waals surface area contributed by atoms with Gasteiger partial charge < -0.3 is 5.32 Å². The third kappa shape index (κ3) is 7.80. The van der Waals surface area contributed by atoms with Crippen LogP contribution in [0.15, 0.2) is 12.2 Å². The lowest BCUT2D eigenvalue weighted by atomic mass is 10.1. The van der Waals surface area contributed by atoms with Gasteiger partial charge in [-0.1, -0.05) is 39.3 Å². The lowest BCUT2D eigenvalue weighted by molar-refractivity contribution is 0.667. The number of nitrogens with one attached hydrogen (secondary N) is 1. The molecule has 0 saturated carbocycles. The summed E-state index contributed by atoms with van der Waals surface area (Å²) < 4.78 is 0. The van der Waals surface area contributed by atoms with Crippen LogP contribution in [0.5, 0.6) is 0 Å². The third-order valence-corrected chi connectivity index (χ3v) is 2.02. The van der Waals surface area contributed by atoms with Gasteiger partial charge in [0.05, 0.1) is 0 Å². The summed E-state index contributed by atoms with van der Waals surface area (Å²) in [7, 11) is 0. The molecule has 1 N–H and O–H groups in total. The van der Waals surface area contributed by atoms with Crippen molar-refractivity contribution in [2.75, 3.05) is 13.1 Å². The first kappa shape index (κ1) is 11.7. The fourth-order valence-electron chi connectivity index (χ4n) is 0.952. The van der Waals surface area contributed by atoms with Crippen LogP contribution in [0.1, 0.15) is 40.0 Å². The molecule has 0 aromatic rings. The van der Waals surface area contributed by atoms with E-state index in [-0.39, 0.29) is 0 Å². The Bertz CT molecular complexity index is 108. The van der Waals surface area contributed by atoms with Crippen LogP contribution in [0.3, 0.4) is 0 Å². The minimum Gasteiger partial charge on any atom is -0.316 e. The normalized spacial score (nSPS) is 13.9. The molecule has 0 bridgehead atoms. The average Bonchev–Trinajstić information content (AvgIpc) is 2.10. The molecule has 0 saturated heterocycles. The van der Waals surface area contributed by atoms with Crippen LogP contribution in [-0.2, 0) is 0 Å². The second-order valence-electron chi connectivity index (χ2n) is 3.35. The van der Waals surface area contributed by atoms with Crippen LogP contribution >= 0.6 is 0 Å². The molecule has 0 aliphatic heterocycles. The summed E-state index contributed by atoms with van der Waals surface area (Å²) in [5, 5.41) is 3.38. The Hall–Kier alpha value is -0.300. The SMILES string of the molecule is CCCNCCC=CC(C)CC. The minimum absolute atomic E-state index is 0.746. The van der Waals surface area contributed by atoms with Crippen LogP contribution < -0.4 is 5.32 Å². The second-order valence-corrected chi connectivity index (χ2v) is 3.35. The van der Waals surface area contributed by atoms with Crippen LogP contribution in [0, 0.1) is 5.92 Å². The first-order chi connectivity index (χ1) is 5.81. The van der Waals surface area contributed by atoms with Gasteiger partial charge in [0.1, 0.15) is 0 Å². The molecule has 12 heavy (non-hydrogen) atoms. The van der Waals surface area contributed by atoms with Gasteiger partial charge >= 0.3 is 0 Å². The van der Waals surface area contributed by atoms with Gasteiger partial charge in [-0.15, -0.1) is 0 Å². The zero-order valence-corrected chi connectivity index (χ0v) is 8.77. The van der Waals surface area contributed by atoms with Gasteiger partial charge in [0.15, 0.2) is 0 Å². The highest BCUT2D eigenvalue weighted by Gasteiger charge is 1.89. The zero-order valence-electron chi connectivity index (χ0n) is 8.77. The van der Waals surface area contributed by atoms with Crippen molar-refractivity contribution in [2.45, 2.75) is 40.0 Å². The monoisotopic (exact) mass is 169 g/mol. The van der Waals surface area contributed by atoms with E-state index in [4.69, 9.17) is 0 Å². The van der Waals surface area contributed by atoms with E-state index in [0.29, 0.717) is 0 Å². The fraction of sp³-hybridized carbons (Fsp3) is 0.818. The summed E-state index contributed by atoms with van der Waals surface area (Å²) in [4.78, 5) is 0. The maximum atomic E-state index is 3.38. The Labute approximate surface area is 77.2 Å². The van der Waals surface area contributed by atoms with Gasteiger partial charge in [0.2, 0.25) is 0 Å². The van der Waals surface area contributed by atoms with Crippen molar-refractivity contribution < 1.29 is 0 Å². The Kier molecular flexibility index (Phi) is 8.57. The van der Waals surface area contributed by atoms with Crippen molar-refractivity contribution in [1.82, 2.24) is 5.32 Å². The molecular weight excluding hydrogens is 146 g/mol. The lowest BCUT2D eigenvalue weighted by Gasteiger charge is -2.00. The Morgan fingerprint density at radius 2 is 2.00 bits per heavy atom. The van der Waals surface area contributed by atoms with Gasteiger partial charge in [-0.05, 0) is 31.8 Å². The average molecular weight is 169 g/mol. The van der Waals surface area contributed by atoms with E-state index in [1.165, 1.54) is 19.3 Å². The fourth-order valence-corrected chi connectivity index (χ4v) is 0.952. The van der Waals surface area contributed by atoms with Crippen molar-refractivity contribution in [2.24, 2.45) is 5.92 Å². The first-order valence-corrected chi connectivity index (χ1v) is 5.18. The third-order valence-electron chi connectivity index (χ3n) is 2.02. The highest BCUT2D eigenvalue weighted by Crippen LogP contribution is 2.01. The van der Waals surface area contributed by atoms with Gasteiger partial charge in [0.25, 0.3) is 0 Å². The van der Waals surface area contributed by atoms with E-state index < -0.39 is 0 Å².